The van der Waals surface area contributed by atoms with Crippen LogP contribution in [0, 0.1) is 0 Å². The van der Waals surface area contributed by atoms with Crippen LogP contribution in [0.5, 0.6) is 16.6 Å². The van der Waals surface area contributed by atoms with Gasteiger partial charge in [-0.15, -0.1) is 0 Å². The molecule has 0 amide bonds. The molecule has 0 aliphatic heterocycles. The average Bonchev–Trinajstić information content (AvgIpc) is 3.48. The van der Waals surface area contributed by atoms with Gasteiger partial charge >= 0.3 is 5.97 Å². The summed E-state index contributed by atoms with van der Waals surface area (Å²) in [4.78, 5) is 18.0. The highest BCUT2D eigenvalue weighted by atomic mass is 32.1. The highest BCUT2D eigenvalue weighted by Gasteiger charge is 2.32. The van der Waals surface area contributed by atoms with Gasteiger partial charge in [-0.2, -0.15) is 5.10 Å². The molecule has 1 aliphatic carbocycles. The van der Waals surface area contributed by atoms with Crippen molar-refractivity contribution in [1.82, 2.24) is 14.8 Å². The molecule has 8 heteroatoms. The Hall–Kier alpha value is -4.17. The van der Waals surface area contributed by atoms with Crippen molar-refractivity contribution in [1.29, 1.82) is 0 Å². The van der Waals surface area contributed by atoms with E-state index >= 15 is 0 Å². The number of para-hydroxylation sites is 1. The van der Waals surface area contributed by atoms with Crippen LogP contribution >= 0.6 is 11.3 Å². The Morgan fingerprint density at radius 1 is 1.03 bits per heavy atom. The maximum atomic E-state index is 12.7. The third kappa shape index (κ3) is 4.44. The van der Waals surface area contributed by atoms with Gasteiger partial charge in [-0.3, -0.25) is 4.68 Å². The second kappa shape index (κ2) is 9.71. The largest absolute Gasteiger partial charge is 0.487 e. The van der Waals surface area contributed by atoms with Gasteiger partial charge in [-0.1, -0.05) is 35.6 Å². The minimum Gasteiger partial charge on any atom is -0.487 e. The standard InChI is InChI=1S/C29H25N3O4S/c1-3-34-28(33)27-23-15-9-19-16-30-32(2)26(19)25(23)29(37-27)36-22-13-11-21(12-14-22)35-17-20-10-8-18-6-4-5-7-24(18)31-20/h4-8,10-14,16H,3,9,15,17H2,1-2H3. The number of pyridine rings is 1. The molecule has 3 heterocycles. The van der Waals surface area contributed by atoms with E-state index in [1.54, 1.807) is 0 Å². The van der Waals surface area contributed by atoms with Crippen LogP contribution in [0.2, 0.25) is 0 Å². The summed E-state index contributed by atoms with van der Waals surface area (Å²) in [5.74, 6) is 1.07. The lowest BCUT2D eigenvalue weighted by atomic mass is 9.91. The number of thiophene rings is 1. The molecular weight excluding hydrogens is 486 g/mol. The van der Waals surface area contributed by atoms with Gasteiger partial charge in [-0.05, 0) is 67.3 Å². The highest BCUT2D eigenvalue weighted by molar-refractivity contribution is 7.16. The Balaban J connectivity index is 1.23. The van der Waals surface area contributed by atoms with E-state index in [-0.39, 0.29) is 5.97 Å². The van der Waals surface area contributed by atoms with E-state index in [0.29, 0.717) is 28.9 Å². The summed E-state index contributed by atoms with van der Waals surface area (Å²) < 4.78 is 19.5. The van der Waals surface area contributed by atoms with Crippen molar-refractivity contribution >= 4 is 28.2 Å². The summed E-state index contributed by atoms with van der Waals surface area (Å²) in [5.41, 5.74) is 5.85. The third-order valence-corrected chi connectivity index (χ3v) is 7.50. The number of hydrogen-bond donors (Lipinski definition) is 0. The first kappa shape index (κ1) is 23.2. The first-order chi connectivity index (χ1) is 18.1. The predicted molar refractivity (Wildman–Crippen MR) is 142 cm³/mol. The summed E-state index contributed by atoms with van der Waals surface area (Å²) >= 11 is 1.33. The van der Waals surface area contributed by atoms with Gasteiger partial charge in [0.1, 0.15) is 23.0 Å². The quantitative estimate of drug-likeness (QED) is 0.237. The lowest BCUT2D eigenvalue weighted by Crippen LogP contribution is -2.10. The zero-order chi connectivity index (χ0) is 25.4. The number of aromatic nitrogens is 3. The van der Waals surface area contributed by atoms with Gasteiger partial charge in [0.25, 0.3) is 0 Å². The summed E-state index contributed by atoms with van der Waals surface area (Å²) in [5, 5.41) is 6.21. The molecule has 0 radical (unpaired) electrons. The molecule has 186 valence electrons. The van der Waals surface area contributed by atoms with Crippen LogP contribution in [0.1, 0.15) is 33.4 Å². The van der Waals surface area contributed by atoms with Crippen LogP contribution in [0.15, 0.2) is 66.9 Å². The van der Waals surface area contributed by atoms with Gasteiger partial charge in [0.05, 0.1) is 35.3 Å². The number of rotatable bonds is 7. The van der Waals surface area contributed by atoms with Crippen molar-refractivity contribution in [3.63, 3.8) is 0 Å². The molecule has 0 atom stereocenters. The molecule has 0 saturated heterocycles. The summed E-state index contributed by atoms with van der Waals surface area (Å²) in [6.07, 6.45) is 3.47. The Kier molecular flexibility index (Phi) is 6.10. The van der Waals surface area contributed by atoms with Crippen molar-refractivity contribution in [3.8, 4) is 27.8 Å². The van der Waals surface area contributed by atoms with E-state index in [1.165, 1.54) is 11.3 Å². The van der Waals surface area contributed by atoms with Crippen LogP contribution < -0.4 is 9.47 Å². The van der Waals surface area contributed by atoms with Crippen molar-refractivity contribution in [2.24, 2.45) is 7.05 Å². The van der Waals surface area contributed by atoms with Gasteiger partial charge in [0.15, 0.2) is 5.06 Å². The molecule has 0 N–H and O–H groups in total. The molecule has 1 aliphatic rings. The maximum absolute atomic E-state index is 12.7. The van der Waals surface area contributed by atoms with Crippen molar-refractivity contribution in [3.05, 3.63) is 88.6 Å². The number of esters is 1. The van der Waals surface area contributed by atoms with Crippen LogP contribution in [0.25, 0.3) is 22.2 Å². The number of fused-ring (bicyclic) bond motifs is 4. The van der Waals surface area contributed by atoms with Crippen LogP contribution in [-0.2, 0) is 31.2 Å². The number of carbonyl (C=O) groups excluding carboxylic acids is 1. The highest BCUT2D eigenvalue weighted by Crippen LogP contribution is 2.48. The number of hydrogen-bond acceptors (Lipinski definition) is 7. The molecule has 0 bridgehead atoms. The van der Waals surface area contributed by atoms with Crippen LogP contribution in [0.4, 0.5) is 0 Å². The lowest BCUT2D eigenvalue weighted by molar-refractivity contribution is 0.0531. The fourth-order valence-corrected chi connectivity index (χ4v) is 5.77. The first-order valence-electron chi connectivity index (χ1n) is 12.2. The van der Waals surface area contributed by atoms with Crippen molar-refractivity contribution in [2.45, 2.75) is 26.4 Å². The fraction of sp³-hybridized carbons (Fsp3) is 0.207. The lowest BCUT2D eigenvalue weighted by Gasteiger charge is -2.16. The molecule has 7 nitrogen and oxygen atoms in total. The van der Waals surface area contributed by atoms with E-state index in [9.17, 15) is 4.79 Å². The third-order valence-electron chi connectivity index (χ3n) is 6.41. The van der Waals surface area contributed by atoms with E-state index in [4.69, 9.17) is 14.2 Å². The summed E-state index contributed by atoms with van der Waals surface area (Å²) in [6, 6.07) is 19.5. The second-order valence-corrected chi connectivity index (χ2v) is 9.78. The Labute approximate surface area is 218 Å². The van der Waals surface area contributed by atoms with Gasteiger partial charge < -0.3 is 14.2 Å². The second-order valence-electron chi connectivity index (χ2n) is 8.79. The van der Waals surface area contributed by atoms with E-state index in [2.05, 4.69) is 16.1 Å². The zero-order valence-corrected chi connectivity index (χ0v) is 21.4. The van der Waals surface area contributed by atoms with E-state index in [1.807, 2.05) is 79.4 Å². The first-order valence-corrected chi connectivity index (χ1v) is 13.0. The number of benzene rings is 2. The molecule has 0 unspecified atom stereocenters. The minimum absolute atomic E-state index is 0.310. The smallest absolute Gasteiger partial charge is 0.348 e. The van der Waals surface area contributed by atoms with Crippen molar-refractivity contribution in [2.75, 3.05) is 6.61 Å². The van der Waals surface area contributed by atoms with Crippen LogP contribution in [-0.4, -0.2) is 27.3 Å². The maximum Gasteiger partial charge on any atom is 0.348 e. The molecule has 0 fully saturated rings. The molecule has 0 saturated carbocycles. The van der Waals surface area contributed by atoms with E-state index in [0.717, 1.165) is 57.6 Å². The number of ether oxygens (including phenoxy) is 3. The Bertz CT molecular complexity index is 1600. The topological polar surface area (TPSA) is 75.5 Å². The SMILES string of the molecule is CCOC(=O)c1sc(Oc2ccc(OCc3ccc4ccccc4n3)cc2)c2c1CCc1cnn(C)c1-2. The number of aryl methyl sites for hydroxylation is 2. The minimum atomic E-state index is -0.310. The summed E-state index contributed by atoms with van der Waals surface area (Å²) in [7, 11) is 1.91. The van der Waals surface area contributed by atoms with E-state index < -0.39 is 0 Å². The number of nitrogens with zero attached hydrogens (tertiary/aromatic N) is 3. The normalized spacial score (nSPS) is 12.2. The Morgan fingerprint density at radius 3 is 2.68 bits per heavy atom. The molecule has 37 heavy (non-hydrogen) atoms. The molecule has 2 aromatic carbocycles. The summed E-state index contributed by atoms with van der Waals surface area (Å²) in [6.45, 7) is 2.51. The predicted octanol–water partition coefficient (Wildman–Crippen LogP) is 6.34. The van der Waals surface area contributed by atoms with Gasteiger partial charge in [-0.25, -0.2) is 9.78 Å². The molecule has 3 aromatic heterocycles. The average molecular weight is 512 g/mol. The fourth-order valence-electron chi connectivity index (χ4n) is 4.66. The Morgan fingerprint density at radius 2 is 1.84 bits per heavy atom. The van der Waals surface area contributed by atoms with Crippen molar-refractivity contribution < 1.29 is 19.0 Å². The molecule has 0 spiro atoms. The monoisotopic (exact) mass is 511 g/mol. The van der Waals surface area contributed by atoms with Gasteiger partial charge in [0, 0.05) is 12.4 Å². The van der Waals surface area contributed by atoms with Crippen LogP contribution in [0.3, 0.4) is 0 Å². The van der Waals surface area contributed by atoms with Gasteiger partial charge in [0.2, 0.25) is 0 Å². The number of carbonyl (C=O) groups is 1. The molecule has 5 aromatic rings. The molecular formula is C29H25N3O4S. The zero-order valence-electron chi connectivity index (χ0n) is 20.6. The molecule has 6 rings (SSSR count).